The first kappa shape index (κ1) is 20.6. The van der Waals surface area contributed by atoms with Crippen LogP contribution in [0.1, 0.15) is 27.5 Å². The summed E-state index contributed by atoms with van der Waals surface area (Å²) in [6, 6.07) is 21.0. The van der Waals surface area contributed by atoms with E-state index in [0.717, 1.165) is 27.1 Å². The topological polar surface area (TPSA) is 124 Å². The van der Waals surface area contributed by atoms with Crippen LogP contribution in [0.15, 0.2) is 79.1 Å². The van der Waals surface area contributed by atoms with Crippen LogP contribution in [0.4, 0.5) is 10.5 Å². The molecular formula is C25H18N6O4. The van der Waals surface area contributed by atoms with E-state index in [0.29, 0.717) is 16.9 Å². The summed E-state index contributed by atoms with van der Waals surface area (Å²) in [4.78, 5) is 38.0. The van der Waals surface area contributed by atoms with Gasteiger partial charge in [0.1, 0.15) is 12.3 Å². The minimum absolute atomic E-state index is 0.0445. The molecule has 172 valence electrons. The van der Waals surface area contributed by atoms with Gasteiger partial charge < -0.3 is 14.6 Å². The average Bonchev–Trinajstić information content (AvgIpc) is 3.59. The van der Waals surface area contributed by atoms with Crippen LogP contribution >= 0.6 is 0 Å². The molecule has 10 nitrogen and oxygen atoms in total. The molecule has 0 unspecified atom stereocenters. The molecule has 6 rings (SSSR count). The lowest BCUT2D eigenvalue weighted by Gasteiger charge is -2.14. The Hall–Kier alpha value is -4.99. The molecule has 10 heteroatoms. The van der Waals surface area contributed by atoms with E-state index < -0.39 is 12.1 Å². The first-order valence-corrected chi connectivity index (χ1v) is 10.9. The number of aromatic amines is 1. The Labute approximate surface area is 198 Å². The Morgan fingerprint density at radius 3 is 2.51 bits per heavy atom. The van der Waals surface area contributed by atoms with Gasteiger partial charge in [-0.1, -0.05) is 53.4 Å². The van der Waals surface area contributed by atoms with E-state index in [-0.39, 0.29) is 18.2 Å². The number of fused-ring (bicyclic) bond motifs is 4. The lowest BCUT2D eigenvalue weighted by Crippen LogP contribution is -2.21. The molecule has 0 spiro atoms. The Morgan fingerprint density at radius 1 is 1.00 bits per heavy atom. The highest BCUT2D eigenvalue weighted by Gasteiger charge is 2.29. The molecule has 0 aliphatic heterocycles. The monoisotopic (exact) mass is 466 g/mol. The van der Waals surface area contributed by atoms with Crippen LogP contribution in [-0.2, 0) is 4.74 Å². The summed E-state index contributed by atoms with van der Waals surface area (Å²) in [6.07, 6.45) is 2.41. The molecule has 0 saturated heterocycles. The predicted molar refractivity (Wildman–Crippen MR) is 126 cm³/mol. The first-order chi connectivity index (χ1) is 17.2. The van der Waals surface area contributed by atoms with Crippen LogP contribution < -0.4 is 10.2 Å². The van der Waals surface area contributed by atoms with Gasteiger partial charge >= 0.3 is 12.1 Å². The quantitative estimate of drug-likeness (QED) is 0.378. The molecule has 1 aliphatic rings. The number of aromatic nitrogens is 5. The third-order valence-corrected chi connectivity index (χ3v) is 5.86. The Balaban J connectivity index is 1.10. The van der Waals surface area contributed by atoms with Crippen molar-refractivity contribution in [2.75, 3.05) is 11.9 Å². The zero-order valence-electron chi connectivity index (χ0n) is 18.2. The summed E-state index contributed by atoms with van der Waals surface area (Å²) in [5.41, 5.74) is 5.84. The fourth-order valence-corrected chi connectivity index (χ4v) is 4.28. The number of carbonyl (C=O) groups excluding carboxylic acids is 2. The molecule has 0 bridgehead atoms. The maximum Gasteiger partial charge on any atom is 0.411 e. The molecule has 0 saturated carbocycles. The van der Waals surface area contributed by atoms with E-state index in [1.165, 1.54) is 12.3 Å². The van der Waals surface area contributed by atoms with Crippen LogP contribution in [0.25, 0.3) is 22.3 Å². The molecule has 0 atom stereocenters. The molecule has 5 aromatic rings. The second-order valence-electron chi connectivity index (χ2n) is 7.94. The first-order valence-electron chi connectivity index (χ1n) is 10.9. The summed E-state index contributed by atoms with van der Waals surface area (Å²) >= 11 is 0. The second kappa shape index (κ2) is 8.41. The van der Waals surface area contributed by atoms with Crippen LogP contribution in [0.3, 0.4) is 0 Å². The Morgan fingerprint density at radius 2 is 1.74 bits per heavy atom. The molecule has 1 amide bonds. The van der Waals surface area contributed by atoms with E-state index in [1.807, 2.05) is 24.3 Å². The van der Waals surface area contributed by atoms with Gasteiger partial charge in [0.25, 0.3) is 0 Å². The number of carbonyl (C=O) groups is 2. The highest BCUT2D eigenvalue weighted by molar-refractivity contribution is 5.92. The molecule has 3 heterocycles. The molecule has 0 radical (unpaired) electrons. The summed E-state index contributed by atoms with van der Waals surface area (Å²) in [6.45, 7) is 0.187. The molecular weight excluding hydrogens is 448 g/mol. The normalized spacial score (nSPS) is 12.2. The second-order valence-corrected chi connectivity index (χ2v) is 7.94. The van der Waals surface area contributed by atoms with Crippen molar-refractivity contribution >= 4 is 28.9 Å². The largest absolute Gasteiger partial charge is 0.448 e. The highest BCUT2D eigenvalue weighted by atomic mass is 16.7. The highest BCUT2D eigenvalue weighted by Crippen LogP contribution is 2.44. The smallest absolute Gasteiger partial charge is 0.411 e. The van der Waals surface area contributed by atoms with E-state index in [9.17, 15) is 9.59 Å². The fraction of sp³-hybridized carbons (Fsp3) is 0.0800. The number of benzene rings is 2. The zero-order chi connectivity index (χ0) is 23.8. The molecule has 2 N–H and O–H groups in total. The van der Waals surface area contributed by atoms with Crippen LogP contribution in [0, 0.1) is 0 Å². The van der Waals surface area contributed by atoms with Crippen molar-refractivity contribution in [3.63, 3.8) is 0 Å². The van der Waals surface area contributed by atoms with E-state index in [1.54, 1.807) is 18.3 Å². The SMILES string of the molecule is O=C(Nc1c[nH]c(C(=O)On2nnc3ncccc32)c1)OCC1c2ccccc2-c2ccccc21. The molecule has 0 fully saturated rings. The number of hydrogen-bond acceptors (Lipinski definition) is 7. The average molecular weight is 466 g/mol. The third kappa shape index (κ3) is 3.76. The maximum atomic E-state index is 12.5. The van der Waals surface area contributed by atoms with Gasteiger partial charge in [-0.15, -0.1) is 5.10 Å². The number of anilines is 1. The van der Waals surface area contributed by atoms with Crippen molar-refractivity contribution < 1.29 is 19.2 Å². The molecule has 3 aromatic heterocycles. The molecule has 1 aliphatic carbocycles. The van der Waals surface area contributed by atoms with Crippen molar-refractivity contribution in [1.29, 1.82) is 0 Å². The molecule has 2 aromatic carbocycles. The van der Waals surface area contributed by atoms with Crippen LogP contribution in [-0.4, -0.2) is 43.8 Å². The van der Waals surface area contributed by atoms with Crippen molar-refractivity contribution in [3.8, 4) is 11.1 Å². The number of nitrogens with zero attached hydrogens (tertiary/aromatic N) is 4. The van der Waals surface area contributed by atoms with Gasteiger partial charge in [0, 0.05) is 18.3 Å². The summed E-state index contributed by atoms with van der Waals surface area (Å²) in [5.74, 6) is -0.752. The summed E-state index contributed by atoms with van der Waals surface area (Å²) < 4.78 is 5.54. The minimum atomic E-state index is -0.707. The summed E-state index contributed by atoms with van der Waals surface area (Å²) in [7, 11) is 0. The third-order valence-electron chi connectivity index (χ3n) is 5.86. The number of pyridine rings is 1. The molecule has 35 heavy (non-hydrogen) atoms. The Bertz CT molecular complexity index is 1530. The van der Waals surface area contributed by atoms with Gasteiger partial charge in [0.15, 0.2) is 5.52 Å². The Kier molecular flexibility index (Phi) is 4.95. The number of rotatable bonds is 5. The summed E-state index contributed by atoms with van der Waals surface area (Å²) in [5, 5.41) is 10.2. The number of nitrogens with one attached hydrogen (secondary N) is 2. The minimum Gasteiger partial charge on any atom is -0.448 e. The van der Waals surface area contributed by atoms with Gasteiger partial charge in [0.05, 0.1) is 5.69 Å². The number of hydrogen-bond donors (Lipinski definition) is 2. The number of ether oxygens (including phenoxy) is 1. The van der Waals surface area contributed by atoms with E-state index >= 15 is 0 Å². The lowest BCUT2D eigenvalue weighted by atomic mass is 9.98. The van der Waals surface area contributed by atoms with Gasteiger partial charge in [-0.25, -0.2) is 14.6 Å². The lowest BCUT2D eigenvalue weighted by molar-refractivity contribution is 0.0402. The van der Waals surface area contributed by atoms with Crippen LogP contribution in [0.2, 0.25) is 0 Å². The number of amides is 1. The fourth-order valence-electron chi connectivity index (χ4n) is 4.28. The van der Waals surface area contributed by atoms with Gasteiger partial charge in [-0.3, -0.25) is 5.32 Å². The van der Waals surface area contributed by atoms with Gasteiger partial charge in [-0.2, -0.15) is 0 Å². The van der Waals surface area contributed by atoms with Crippen molar-refractivity contribution in [1.82, 2.24) is 25.1 Å². The van der Waals surface area contributed by atoms with Gasteiger partial charge in [-0.05, 0) is 45.7 Å². The standard InChI is InChI=1S/C25H18N6O4/c32-24(35-31-22-10-5-11-26-23(22)29-30-31)21-12-15(13-27-21)28-25(33)34-14-20-18-8-3-1-6-16(18)17-7-2-4-9-19(17)20/h1-13,20,27H,14H2,(H,28,33). The van der Waals surface area contributed by atoms with Crippen molar-refractivity contribution in [2.45, 2.75) is 5.92 Å². The predicted octanol–water partition coefficient (Wildman–Crippen LogP) is 3.78. The van der Waals surface area contributed by atoms with Gasteiger partial charge in [0.2, 0.25) is 5.65 Å². The maximum absolute atomic E-state index is 12.5. The van der Waals surface area contributed by atoms with E-state index in [4.69, 9.17) is 9.57 Å². The van der Waals surface area contributed by atoms with Crippen molar-refractivity contribution in [2.24, 2.45) is 0 Å². The van der Waals surface area contributed by atoms with Crippen molar-refractivity contribution in [3.05, 3.63) is 95.9 Å². The number of H-pyrrole nitrogens is 1. The zero-order valence-corrected chi connectivity index (χ0v) is 18.2. The van der Waals surface area contributed by atoms with Crippen LogP contribution in [0.5, 0.6) is 0 Å². The van der Waals surface area contributed by atoms with E-state index in [2.05, 4.69) is 49.9 Å².